The number of guanidine groups is 1. The minimum Gasteiger partial charge on any atom is -0.370 e. The van der Waals surface area contributed by atoms with E-state index in [0.717, 1.165) is 37.5 Å². The van der Waals surface area contributed by atoms with Crippen LogP contribution in [0.4, 0.5) is 14.5 Å². The molecule has 20 heavy (non-hydrogen) atoms. The standard InChI is InChI=1S/C15H19F2N3/c16-12-6-7-13(17)14(10-12)20-15(18)19-9-8-11-4-2-1-3-5-11/h4,6-7,10H,1-3,5,8-9H2,(H3,18,19,20). The van der Waals surface area contributed by atoms with Crippen molar-refractivity contribution >= 4 is 11.6 Å². The Morgan fingerprint density at radius 2 is 2.15 bits per heavy atom. The lowest BCUT2D eigenvalue weighted by Crippen LogP contribution is -2.23. The van der Waals surface area contributed by atoms with Gasteiger partial charge in [-0.05, 0) is 44.2 Å². The molecule has 1 aromatic rings. The maximum Gasteiger partial charge on any atom is 0.193 e. The molecule has 0 aromatic heterocycles. The molecule has 0 saturated carbocycles. The zero-order valence-electron chi connectivity index (χ0n) is 11.3. The van der Waals surface area contributed by atoms with Gasteiger partial charge in [0.15, 0.2) is 5.96 Å². The van der Waals surface area contributed by atoms with Crippen LogP contribution in [0.25, 0.3) is 0 Å². The highest BCUT2D eigenvalue weighted by Crippen LogP contribution is 2.20. The van der Waals surface area contributed by atoms with Crippen LogP contribution in [0, 0.1) is 11.6 Å². The fourth-order valence-electron chi connectivity index (χ4n) is 2.22. The number of benzene rings is 1. The van der Waals surface area contributed by atoms with Crippen LogP contribution in [0.15, 0.2) is 34.8 Å². The van der Waals surface area contributed by atoms with Crippen LogP contribution < -0.4 is 11.1 Å². The number of anilines is 1. The van der Waals surface area contributed by atoms with Crippen molar-refractivity contribution in [3.63, 3.8) is 0 Å². The highest BCUT2D eigenvalue weighted by atomic mass is 19.1. The van der Waals surface area contributed by atoms with Gasteiger partial charge in [0.25, 0.3) is 0 Å². The Morgan fingerprint density at radius 1 is 1.30 bits per heavy atom. The molecule has 0 aliphatic heterocycles. The molecule has 0 bridgehead atoms. The minimum absolute atomic E-state index is 0.00290. The first kappa shape index (κ1) is 14.5. The molecule has 3 N–H and O–H groups in total. The second kappa shape index (κ2) is 7.03. The van der Waals surface area contributed by atoms with Crippen LogP contribution in [-0.4, -0.2) is 12.5 Å². The number of aliphatic imine (C=N–C) groups is 1. The average molecular weight is 279 g/mol. The Hall–Kier alpha value is -1.91. The SMILES string of the molecule is NC(=NCCC1=CCCCC1)Nc1cc(F)ccc1F. The first-order chi connectivity index (χ1) is 9.65. The fraction of sp³-hybridized carbons (Fsp3) is 0.400. The number of nitrogens with zero attached hydrogens (tertiary/aromatic N) is 1. The van der Waals surface area contributed by atoms with Crippen molar-refractivity contribution < 1.29 is 8.78 Å². The molecule has 0 atom stereocenters. The van der Waals surface area contributed by atoms with Gasteiger partial charge in [-0.3, -0.25) is 4.99 Å². The van der Waals surface area contributed by atoms with Gasteiger partial charge in [-0.1, -0.05) is 11.6 Å². The Balaban J connectivity index is 1.87. The predicted molar refractivity (Wildman–Crippen MR) is 77.6 cm³/mol. The molecule has 1 aliphatic carbocycles. The molecule has 0 heterocycles. The van der Waals surface area contributed by atoms with E-state index in [1.807, 2.05) is 0 Å². The summed E-state index contributed by atoms with van der Waals surface area (Å²) in [5.41, 5.74) is 7.08. The highest BCUT2D eigenvalue weighted by Gasteiger charge is 2.05. The van der Waals surface area contributed by atoms with Crippen LogP contribution in [0.3, 0.4) is 0 Å². The number of allylic oxidation sites excluding steroid dienone is 1. The van der Waals surface area contributed by atoms with Gasteiger partial charge in [0, 0.05) is 12.6 Å². The quantitative estimate of drug-likeness (QED) is 0.503. The van der Waals surface area contributed by atoms with Crippen molar-refractivity contribution in [1.29, 1.82) is 0 Å². The van der Waals surface area contributed by atoms with Gasteiger partial charge in [-0.25, -0.2) is 8.78 Å². The fourth-order valence-corrected chi connectivity index (χ4v) is 2.22. The molecule has 108 valence electrons. The van der Waals surface area contributed by atoms with E-state index in [2.05, 4.69) is 16.4 Å². The van der Waals surface area contributed by atoms with Crippen LogP contribution in [0.5, 0.6) is 0 Å². The summed E-state index contributed by atoms with van der Waals surface area (Å²) in [6.07, 6.45) is 7.89. The Morgan fingerprint density at radius 3 is 2.90 bits per heavy atom. The molecule has 0 fully saturated rings. The number of rotatable bonds is 4. The van der Waals surface area contributed by atoms with Gasteiger partial charge in [-0.15, -0.1) is 0 Å². The summed E-state index contributed by atoms with van der Waals surface area (Å²) in [5, 5.41) is 2.58. The normalized spacial score (nSPS) is 15.9. The molecule has 3 nitrogen and oxygen atoms in total. The summed E-state index contributed by atoms with van der Waals surface area (Å²) in [7, 11) is 0. The number of nitrogens with one attached hydrogen (secondary N) is 1. The average Bonchev–Trinajstić information content (AvgIpc) is 2.44. The summed E-state index contributed by atoms with van der Waals surface area (Å²) in [5.74, 6) is -0.973. The third-order valence-corrected chi connectivity index (χ3v) is 3.29. The van der Waals surface area contributed by atoms with Gasteiger partial charge >= 0.3 is 0 Å². The first-order valence-corrected chi connectivity index (χ1v) is 6.85. The summed E-state index contributed by atoms with van der Waals surface area (Å²) in [6.45, 7) is 0.557. The summed E-state index contributed by atoms with van der Waals surface area (Å²) >= 11 is 0. The summed E-state index contributed by atoms with van der Waals surface area (Å²) < 4.78 is 26.4. The molecule has 2 rings (SSSR count). The molecule has 5 heteroatoms. The molecule has 1 aliphatic rings. The van der Waals surface area contributed by atoms with Gasteiger partial charge in [0.2, 0.25) is 0 Å². The Kier molecular flexibility index (Phi) is 5.09. The third-order valence-electron chi connectivity index (χ3n) is 3.29. The second-order valence-electron chi connectivity index (χ2n) is 4.87. The minimum atomic E-state index is -0.556. The van der Waals surface area contributed by atoms with E-state index in [9.17, 15) is 8.78 Å². The predicted octanol–water partition coefficient (Wildman–Crippen LogP) is 3.58. The van der Waals surface area contributed by atoms with Gasteiger partial charge < -0.3 is 11.1 Å². The maximum atomic E-state index is 13.4. The molecule has 0 saturated heterocycles. The third kappa shape index (κ3) is 4.33. The van der Waals surface area contributed by atoms with Crippen LogP contribution in [0.2, 0.25) is 0 Å². The van der Waals surface area contributed by atoms with Crippen molar-refractivity contribution in [2.24, 2.45) is 10.7 Å². The van der Waals surface area contributed by atoms with Crippen molar-refractivity contribution in [1.82, 2.24) is 0 Å². The van der Waals surface area contributed by atoms with E-state index in [4.69, 9.17) is 5.73 Å². The van der Waals surface area contributed by atoms with Crippen molar-refractivity contribution in [3.05, 3.63) is 41.5 Å². The number of hydrogen-bond donors (Lipinski definition) is 2. The van der Waals surface area contributed by atoms with E-state index in [0.29, 0.717) is 6.54 Å². The summed E-state index contributed by atoms with van der Waals surface area (Å²) in [6, 6.07) is 3.17. The number of hydrogen-bond acceptors (Lipinski definition) is 1. The van der Waals surface area contributed by atoms with Crippen molar-refractivity contribution in [3.8, 4) is 0 Å². The van der Waals surface area contributed by atoms with E-state index in [1.165, 1.54) is 18.4 Å². The van der Waals surface area contributed by atoms with Crippen molar-refractivity contribution in [2.45, 2.75) is 32.1 Å². The smallest absolute Gasteiger partial charge is 0.193 e. The zero-order chi connectivity index (χ0) is 14.4. The van der Waals surface area contributed by atoms with Crippen LogP contribution >= 0.6 is 0 Å². The molecule has 0 unspecified atom stereocenters. The molecule has 0 spiro atoms. The molecule has 0 radical (unpaired) electrons. The van der Waals surface area contributed by atoms with E-state index in [-0.39, 0.29) is 11.6 Å². The lowest BCUT2D eigenvalue weighted by molar-refractivity contribution is 0.604. The molecular weight excluding hydrogens is 260 g/mol. The second-order valence-corrected chi connectivity index (χ2v) is 4.87. The topological polar surface area (TPSA) is 50.4 Å². The Bertz CT molecular complexity index is 524. The summed E-state index contributed by atoms with van der Waals surface area (Å²) in [4.78, 5) is 4.14. The highest BCUT2D eigenvalue weighted by molar-refractivity contribution is 5.92. The molecular formula is C15H19F2N3. The zero-order valence-corrected chi connectivity index (χ0v) is 11.3. The van der Waals surface area contributed by atoms with E-state index >= 15 is 0 Å². The number of nitrogens with two attached hydrogens (primary N) is 1. The largest absolute Gasteiger partial charge is 0.370 e. The lowest BCUT2D eigenvalue weighted by Gasteiger charge is -2.11. The lowest BCUT2D eigenvalue weighted by atomic mass is 9.97. The number of halogens is 2. The van der Waals surface area contributed by atoms with Gasteiger partial charge in [-0.2, -0.15) is 0 Å². The monoisotopic (exact) mass is 279 g/mol. The maximum absolute atomic E-state index is 13.4. The van der Waals surface area contributed by atoms with E-state index < -0.39 is 11.6 Å². The van der Waals surface area contributed by atoms with Crippen LogP contribution in [0.1, 0.15) is 32.1 Å². The van der Waals surface area contributed by atoms with E-state index in [1.54, 1.807) is 0 Å². The first-order valence-electron chi connectivity index (χ1n) is 6.85. The van der Waals surface area contributed by atoms with Gasteiger partial charge in [0.05, 0.1) is 5.69 Å². The molecule has 0 amide bonds. The van der Waals surface area contributed by atoms with Crippen molar-refractivity contribution in [2.75, 3.05) is 11.9 Å². The molecule has 1 aromatic carbocycles. The van der Waals surface area contributed by atoms with Crippen LogP contribution in [-0.2, 0) is 0 Å². The Labute approximate surface area is 117 Å². The van der Waals surface area contributed by atoms with Gasteiger partial charge in [0.1, 0.15) is 11.6 Å².